The third-order valence-electron chi connectivity index (χ3n) is 1.50. The van der Waals surface area contributed by atoms with E-state index in [1.165, 1.54) is 6.21 Å². The van der Waals surface area contributed by atoms with Crippen molar-refractivity contribution in [2.45, 2.75) is 11.8 Å². The molecule has 0 aliphatic carbocycles. The summed E-state index contributed by atoms with van der Waals surface area (Å²) in [6.07, 6.45) is 2.00. The van der Waals surface area contributed by atoms with E-state index in [1.807, 2.05) is 30.3 Å². The van der Waals surface area contributed by atoms with Gasteiger partial charge in [-0.25, -0.2) is 0 Å². The van der Waals surface area contributed by atoms with Gasteiger partial charge in [-0.1, -0.05) is 30.3 Å². The summed E-state index contributed by atoms with van der Waals surface area (Å²) in [4.78, 5) is 0. The first-order chi connectivity index (χ1) is 5.83. The third kappa shape index (κ3) is 2.93. The monoisotopic (exact) mass is 183 g/mol. The van der Waals surface area contributed by atoms with Gasteiger partial charge in [0.1, 0.15) is 0 Å². The second-order valence-corrected chi connectivity index (χ2v) is 3.03. The zero-order valence-corrected chi connectivity index (χ0v) is 7.28. The van der Waals surface area contributed by atoms with E-state index >= 15 is 0 Å². The predicted molar refractivity (Wildman–Crippen MR) is 50.1 cm³/mol. The molecule has 0 radical (unpaired) electrons. The van der Waals surface area contributed by atoms with Crippen LogP contribution in [-0.2, 0) is 6.42 Å². The summed E-state index contributed by atoms with van der Waals surface area (Å²) >= 11 is 5.81. The fourth-order valence-corrected chi connectivity index (χ4v) is 1.19. The zero-order chi connectivity index (χ0) is 8.81. The lowest BCUT2D eigenvalue weighted by Gasteiger charge is -2.01. The molecule has 64 valence electrons. The Morgan fingerprint density at radius 2 is 2.08 bits per heavy atom. The molecular formula is C9H10ClNO. The molecule has 1 aromatic rings. The lowest BCUT2D eigenvalue weighted by Crippen LogP contribution is -2.04. The Kier molecular flexibility index (Phi) is 3.61. The maximum atomic E-state index is 8.20. The number of halogens is 1. The second kappa shape index (κ2) is 4.78. The Hall–Kier alpha value is -1.02. The first kappa shape index (κ1) is 9.07. The lowest BCUT2D eigenvalue weighted by molar-refractivity contribution is 0.320. The lowest BCUT2D eigenvalue weighted by atomic mass is 10.1. The van der Waals surface area contributed by atoms with Crippen molar-refractivity contribution >= 4 is 17.8 Å². The molecule has 12 heavy (non-hydrogen) atoms. The highest BCUT2D eigenvalue weighted by atomic mass is 35.5. The molecule has 0 bridgehead atoms. The fraction of sp³-hybridized carbons (Fsp3) is 0.222. The van der Waals surface area contributed by atoms with Crippen molar-refractivity contribution in [3.8, 4) is 0 Å². The van der Waals surface area contributed by atoms with Gasteiger partial charge in [-0.3, -0.25) is 0 Å². The molecule has 0 amide bonds. The summed E-state index contributed by atoms with van der Waals surface area (Å²) in [6, 6.07) is 9.83. The van der Waals surface area contributed by atoms with Crippen LogP contribution in [0.2, 0.25) is 0 Å². The van der Waals surface area contributed by atoms with E-state index in [0.29, 0.717) is 6.42 Å². The SMILES string of the molecule is ON=CC(Cl)Cc1ccccc1. The van der Waals surface area contributed by atoms with Crippen molar-refractivity contribution in [1.29, 1.82) is 0 Å². The van der Waals surface area contributed by atoms with Crippen molar-refractivity contribution in [3.63, 3.8) is 0 Å². The largest absolute Gasteiger partial charge is 0.411 e. The van der Waals surface area contributed by atoms with Gasteiger partial charge in [0.05, 0.1) is 11.6 Å². The van der Waals surface area contributed by atoms with E-state index in [0.717, 1.165) is 5.56 Å². The molecule has 2 nitrogen and oxygen atoms in total. The van der Waals surface area contributed by atoms with Crippen molar-refractivity contribution in [3.05, 3.63) is 35.9 Å². The van der Waals surface area contributed by atoms with Gasteiger partial charge in [0, 0.05) is 0 Å². The van der Waals surface area contributed by atoms with Crippen LogP contribution in [0.25, 0.3) is 0 Å². The number of benzene rings is 1. The number of hydrogen-bond acceptors (Lipinski definition) is 2. The maximum absolute atomic E-state index is 8.20. The first-order valence-corrected chi connectivity index (χ1v) is 4.12. The van der Waals surface area contributed by atoms with Crippen molar-refractivity contribution in [2.24, 2.45) is 5.16 Å². The van der Waals surface area contributed by atoms with Gasteiger partial charge in [-0.2, -0.15) is 0 Å². The number of nitrogens with zero attached hydrogens (tertiary/aromatic N) is 1. The first-order valence-electron chi connectivity index (χ1n) is 3.68. The summed E-state index contributed by atoms with van der Waals surface area (Å²) < 4.78 is 0. The highest BCUT2D eigenvalue weighted by Crippen LogP contribution is 2.05. The summed E-state index contributed by atoms with van der Waals surface area (Å²) in [5, 5.41) is 10.8. The van der Waals surface area contributed by atoms with E-state index in [1.54, 1.807) is 0 Å². The minimum absolute atomic E-state index is 0.239. The standard InChI is InChI=1S/C9H10ClNO/c10-9(7-11-12)6-8-4-2-1-3-5-8/h1-5,7,9,12H,6H2. The molecule has 0 aromatic heterocycles. The Morgan fingerprint density at radius 3 is 2.67 bits per heavy atom. The van der Waals surface area contributed by atoms with Crippen LogP contribution in [0, 0.1) is 0 Å². The van der Waals surface area contributed by atoms with Crippen LogP contribution in [0.15, 0.2) is 35.5 Å². The van der Waals surface area contributed by atoms with Crippen LogP contribution in [0.5, 0.6) is 0 Å². The summed E-state index contributed by atoms with van der Waals surface area (Å²) in [6.45, 7) is 0. The quantitative estimate of drug-likeness (QED) is 0.332. The highest BCUT2D eigenvalue weighted by molar-refractivity contribution is 6.28. The Morgan fingerprint density at radius 1 is 1.42 bits per heavy atom. The molecule has 0 aliphatic rings. The van der Waals surface area contributed by atoms with E-state index in [9.17, 15) is 0 Å². The van der Waals surface area contributed by atoms with E-state index in [-0.39, 0.29) is 5.38 Å². The zero-order valence-electron chi connectivity index (χ0n) is 6.52. The molecule has 3 heteroatoms. The summed E-state index contributed by atoms with van der Waals surface area (Å²) in [7, 11) is 0. The molecule has 0 saturated carbocycles. The molecule has 0 saturated heterocycles. The second-order valence-electron chi connectivity index (χ2n) is 2.47. The molecule has 1 unspecified atom stereocenters. The van der Waals surface area contributed by atoms with Gasteiger partial charge in [0.25, 0.3) is 0 Å². The summed E-state index contributed by atoms with van der Waals surface area (Å²) in [5.74, 6) is 0. The molecule has 0 fully saturated rings. The molecule has 0 heterocycles. The number of oxime groups is 1. The Labute approximate surface area is 76.5 Å². The van der Waals surface area contributed by atoms with Crippen LogP contribution < -0.4 is 0 Å². The number of alkyl halides is 1. The molecule has 1 rings (SSSR count). The van der Waals surface area contributed by atoms with Crippen LogP contribution in [0.4, 0.5) is 0 Å². The van der Waals surface area contributed by atoms with Crippen molar-refractivity contribution < 1.29 is 5.21 Å². The maximum Gasteiger partial charge on any atom is 0.0761 e. The molecule has 1 atom stereocenters. The van der Waals surface area contributed by atoms with Gasteiger partial charge in [0.15, 0.2) is 0 Å². The van der Waals surface area contributed by atoms with E-state index in [2.05, 4.69) is 5.16 Å². The van der Waals surface area contributed by atoms with Gasteiger partial charge in [0.2, 0.25) is 0 Å². The van der Waals surface area contributed by atoms with Gasteiger partial charge >= 0.3 is 0 Å². The normalized spacial score (nSPS) is 13.4. The topological polar surface area (TPSA) is 32.6 Å². The smallest absolute Gasteiger partial charge is 0.0761 e. The minimum atomic E-state index is -0.239. The summed E-state index contributed by atoms with van der Waals surface area (Å²) in [5.41, 5.74) is 1.14. The van der Waals surface area contributed by atoms with Gasteiger partial charge in [-0.05, 0) is 12.0 Å². The average molecular weight is 184 g/mol. The molecular weight excluding hydrogens is 174 g/mol. The van der Waals surface area contributed by atoms with Crippen LogP contribution in [-0.4, -0.2) is 16.8 Å². The fourth-order valence-electron chi connectivity index (χ4n) is 0.964. The third-order valence-corrected chi connectivity index (χ3v) is 1.77. The van der Waals surface area contributed by atoms with Crippen LogP contribution >= 0.6 is 11.6 Å². The highest BCUT2D eigenvalue weighted by Gasteiger charge is 2.01. The predicted octanol–water partition coefficient (Wildman–Crippen LogP) is 2.30. The molecule has 1 aromatic carbocycles. The minimum Gasteiger partial charge on any atom is -0.411 e. The van der Waals surface area contributed by atoms with E-state index < -0.39 is 0 Å². The Bertz CT molecular complexity index is 248. The van der Waals surface area contributed by atoms with Gasteiger partial charge < -0.3 is 5.21 Å². The Balaban J connectivity index is 2.52. The van der Waals surface area contributed by atoms with Gasteiger partial charge in [-0.15, -0.1) is 16.8 Å². The van der Waals surface area contributed by atoms with Crippen molar-refractivity contribution in [2.75, 3.05) is 0 Å². The average Bonchev–Trinajstić information content (AvgIpc) is 2.06. The van der Waals surface area contributed by atoms with E-state index in [4.69, 9.17) is 16.8 Å². The number of hydrogen-bond donors (Lipinski definition) is 1. The van der Waals surface area contributed by atoms with Crippen molar-refractivity contribution in [1.82, 2.24) is 0 Å². The van der Waals surface area contributed by atoms with Crippen LogP contribution in [0.1, 0.15) is 5.56 Å². The molecule has 0 aliphatic heterocycles. The molecule has 1 N–H and O–H groups in total. The molecule has 0 spiro atoms. The number of rotatable bonds is 3. The van der Waals surface area contributed by atoms with Crippen LogP contribution in [0.3, 0.4) is 0 Å².